The van der Waals surface area contributed by atoms with Crippen molar-refractivity contribution in [1.29, 1.82) is 0 Å². The summed E-state index contributed by atoms with van der Waals surface area (Å²) in [6.45, 7) is 7.18. The van der Waals surface area contributed by atoms with Crippen molar-refractivity contribution in [2.75, 3.05) is 6.54 Å². The Morgan fingerprint density at radius 3 is 2.88 bits per heavy atom. The number of rotatable bonds is 3. The lowest BCUT2D eigenvalue weighted by atomic mass is 9.92. The molecule has 1 aliphatic rings. The summed E-state index contributed by atoms with van der Waals surface area (Å²) in [5, 5.41) is 7.22. The Bertz CT molecular complexity index is 398. The van der Waals surface area contributed by atoms with Gasteiger partial charge in [0.25, 0.3) is 0 Å². The van der Waals surface area contributed by atoms with E-state index < -0.39 is 0 Å². The minimum Gasteiger partial charge on any atom is -0.361 e. The SMILES string of the molecule is CC(C)(C)c1cc(CC(=O)[C@@H]2CCCN2)on1. The third-order valence-corrected chi connectivity index (χ3v) is 3.12. The maximum absolute atomic E-state index is 11.9. The van der Waals surface area contributed by atoms with Crippen LogP contribution in [0.15, 0.2) is 10.6 Å². The molecular formula is C13H20N2O2. The maximum atomic E-state index is 11.9. The normalized spacial score (nSPS) is 20.8. The van der Waals surface area contributed by atoms with E-state index in [0.717, 1.165) is 25.1 Å². The molecule has 1 saturated heterocycles. The molecule has 1 aliphatic heterocycles. The number of nitrogens with one attached hydrogen (secondary N) is 1. The second kappa shape index (κ2) is 4.61. The Labute approximate surface area is 102 Å². The molecule has 2 rings (SSSR count). The van der Waals surface area contributed by atoms with Crippen molar-refractivity contribution in [3.05, 3.63) is 17.5 Å². The van der Waals surface area contributed by atoms with E-state index in [1.165, 1.54) is 0 Å². The number of carbonyl (C=O) groups excluding carboxylic acids is 1. The number of ketones is 1. The molecule has 1 fully saturated rings. The lowest BCUT2D eigenvalue weighted by Crippen LogP contribution is -2.31. The topological polar surface area (TPSA) is 55.1 Å². The summed E-state index contributed by atoms with van der Waals surface area (Å²) in [6, 6.07) is 1.91. The number of Topliss-reactive ketones (excluding diaryl/α,β-unsaturated/α-hetero) is 1. The molecule has 2 heterocycles. The van der Waals surface area contributed by atoms with Gasteiger partial charge in [-0.1, -0.05) is 25.9 Å². The predicted molar refractivity (Wildman–Crippen MR) is 64.9 cm³/mol. The number of carbonyl (C=O) groups is 1. The van der Waals surface area contributed by atoms with Gasteiger partial charge < -0.3 is 9.84 Å². The zero-order valence-corrected chi connectivity index (χ0v) is 10.7. The average molecular weight is 236 g/mol. The highest BCUT2D eigenvalue weighted by molar-refractivity contribution is 5.85. The van der Waals surface area contributed by atoms with Crippen LogP contribution in [-0.4, -0.2) is 23.5 Å². The van der Waals surface area contributed by atoms with E-state index in [2.05, 4.69) is 31.2 Å². The molecule has 0 bridgehead atoms. The van der Waals surface area contributed by atoms with Gasteiger partial charge >= 0.3 is 0 Å². The second-order valence-corrected chi connectivity index (χ2v) is 5.72. The first-order valence-corrected chi connectivity index (χ1v) is 6.19. The molecule has 1 aromatic rings. The molecule has 4 nitrogen and oxygen atoms in total. The highest BCUT2D eigenvalue weighted by Crippen LogP contribution is 2.22. The van der Waals surface area contributed by atoms with E-state index in [4.69, 9.17) is 4.52 Å². The molecule has 1 atom stereocenters. The molecule has 0 saturated carbocycles. The summed E-state index contributed by atoms with van der Waals surface area (Å²) in [5.41, 5.74) is 0.871. The lowest BCUT2D eigenvalue weighted by Gasteiger charge is -2.12. The van der Waals surface area contributed by atoms with Crippen molar-refractivity contribution in [3.8, 4) is 0 Å². The molecule has 17 heavy (non-hydrogen) atoms. The maximum Gasteiger partial charge on any atom is 0.157 e. The molecule has 0 amide bonds. The van der Waals surface area contributed by atoms with Gasteiger partial charge in [-0.25, -0.2) is 0 Å². The first-order valence-electron chi connectivity index (χ1n) is 6.19. The fourth-order valence-electron chi connectivity index (χ4n) is 2.00. The molecule has 0 aromatic carbocycles. The van der Waals surface area contributed by atoms with Crippen molar-refractivity contribution in [1.82, 2.24) is 10.5 Å². The zero-order valence-electron chi connectivity index (χ0n) is 10.7. The van der Waals surface area contributed by atoms with Gasteiger partial charge in [-0.05, 0) is 19.4 Å². The minimum atomic E-state index is -0.0313. The summed E-state index contributed by atoms with van der Waals surface area (Å²) < 4.78 is 5.22. The number of hydrogen-bond donors (Lipinski definition) is 1. The van der Waals surface area contributed by atoms with Crippen LogP contribution in [0.2, 0.25) is 0 Å². The Balaban J connectivity index is 1.99. The summed E-state index contributed by atoms with van der Waals surface area (Å²) in [7, 11) is 0. The van der Waals surface area contributed by atoms with Gasteiger partial charge in [0.2, 0.25) is 0 Å². The summed E-state index contributed by atoms with van der Waals surface area (Å²) in [5.74, 6) is 0.882. The molecule has 0 unspecified atom stereocenters. The number of nitrogens with zero attached hydrogens (tertiary/aromatic N) is 1. The third-order valence-electron chi connectivity index (χ3n) is 3.12. The largest absolute Gasteiger partial charge is 0.361 e. The van der Waals surface area contributed by atoms with Gasteiger partial charge in [0, 0.05) is 11.5 Å². The van der Waals surface area contributed by atoms with Crippen LogP contribution >= 0.6 is 0 Å². The van der Waals surface area contributed by atoms with Gasteiger partial charge in [0.05, 0.1) is 18.2 Å². The quantitative estimate of drug-likeness (QED) is 0.870. The van der Waals surface area contributed by atoms with Crippen LogP contribution in [0, 0.1) is 0 Å². The van der Waals surface area contributed by atoms with E-state index in [9.17, 15) is 4.79 Å². The second-order valence-electron chi connectivity index (χ2n) is 5.72. The van der Waals surface area contributed by atoms with Gasteiger partial charge in [-0.15, -0.1) is 0 Å². The van der Waals surface area contributed by atoms with E-state index in [1.807, 2.05) is 6.07 Å². The standard InChI is InChI=1S/C13H20N2O2/c1-13(2,3)12-8-9(17-15-12)7-11(16)10-5-4-6-14-10/h8,10,14H,4-7H2,1-3H3/t10-/m0/s1. The van der Waals surface area contributed by atoms with Crippen molar-refractivity contribution in [3.63, 3.8) is 0 Å². The molecular weight excluding hydrogens is 216 g/mol. The van der Waals surface area contributed by atoms with Crippen LogP contribution in [0.1, 0.15) is 45.1 Å². The highest BCUT2D eigenvalue weighted by atomic mass is 16.5. The Hall–Kier alpha value is -1.16. The fraction of sp³-hybridized carbons (Fsp3) is 0.692. The Kier molecular flexibility index (Phi) is 3.33. The van der Waals surface area contributed by atoms with Crippen LogP contribution in [0.3, 0.4) is 0 Å². The lowest BCUT2D eigenvalue weighted by molar-refractivity contribution is -0.120. The average Bonchev–Trinajstić information content (AvgIpc) is 2.85. The van der Waals surface area contributed by atoms with Gasteiger partial charge in [-0.2, -0.15) is 0 Å². The molecule has 0 radical (unpaired) electrons. The number of aromatic nitrogens is 1. The monoisotopic (exact) mass is 236 g/mol. The van der Waals surface area contributed by atoms with Crippen molar-refractivity contribution in [2.24, 2.45) is 0 Å². The van der Waals surface area contributed by atoms with Crippen molar-refractivity contribution < 1.29 is 9.32 Å². The molecule has 4 heteroatoms. The Morgan fingerprint density at radius 1 is 1.59 bits per heavy atom. The van der Waals surface area contributed by atoms with Gasteiger partial charge in [0.15, 0.2) is 5.78 Å². The van der Waals surface area contributed by atoms with Crippen molar-refractivity contribution in [2.45, 2.75) is 51.5 Å². The van der Waals surface area contributed by atoms with Crippen molar-refractivity contribution >= 4 is 5.78 Å². The molecule has 94 valence electrons. The first-order chi connectivity index (χ1) is 7.97. The minimum absolute atomic E-state index is 0.0122. The van der Waals surface area contributed by atoms with E-state index in [-0.39, 0.29) is 17.2 Å². The molecule has 0 aliphatic carbocycles. The van der Waals surface area contributed by atoms with E-state index >= 15 is 0 Å². The third kappa shape index (κ3) is 2.94. The van der Waals surface area contributed by atoms with Gasteiger partial charge in [0.1, 0.15) is 5.76 Å². The van der Waals surface area contributed by atoms with E-state index in [1.54, 1.807) is 0 Å². The zero-order chi connectivity index (χ0) is 12.5. The Morgan fingerprint density at radius 2 is 2.35 bits per heavy atom. The molecule has 1 aromatic heterocycles. The number of hydrogen-bond acceptors (Lipinski definition) is 4. The van der Waals surface area contributed by atoms with Crippen LogP contribution in [-0.2, 0) is 16.6 Å². The van der Waals surface area contributed by atoms with Crippen LogP contribution < -0.4 is 5.32 Å². The van der Waals surface area contributed by atoms with E-state index in [0.29, 0.717) is 12.2 Å². The molecule has 0 spiro atoms. The van der Waals surface area contributed by atoms with Crippen LogP contribution in [0.25, 0.3) is 0 Å². The first kappa shape index (κ1) is 12.3. The fourth-order valence-corrected chi connectivity index (χ4v) is 2.00. The van der Waals surface area contributed by atoms with Gasteiger partial charge in [-0.3, -0.25) is 4.79 Å². The summed E-state index contributed by atoms with van der Waals surface area (Å²) in [4.78, 5) is 11.9. The van der Waals surface area contributed by atoms with Crippen LogP contribution in [0.4, 0.5) is 0 Å². The highest BCUT2D eigenvalue weighted by Gasteiger charge is 2.24. The molecule has 1 N–H and O–H groups in total. The van der Waals surface area contributed by atoms with Crippen LogP contribution in [0.5, 0.6) is 0 Å². The smallest absolute Gasteiger partial charge is 0.157 e. The summed E-state index contributed by atoms with van der Waals surface area (Å²) in [6.07, 6.45) is 2.37. The summed E-state index contributed by atoms with van der Waals surface area (Å²) >= 11 is 0. The predicted octanol–water partition coefficient (Wildman–Crippen LogP) is 1.84.